The van der Waals surface area contributed by atoms with Gasteiger partial charge in [0.15, 0.2) is 0 Å². The van der Waals surface area contributed by atoms with Crippen LogP contribution in [0.3, 0.4) is 0 Å². The zero-order valence-corrected chi connectivity index (χ0v) is 12.8. The maximum Gasteiger partial charge on any atom is 0.0746 e. The summed E-state index contributed by atoms with van der Waals surface area (Å²) in [4.78, 5) is 2.51. The van der Waals surface area contributed by atoms with E-state index in [9.17, 15) is 5.26 Å². The van der Waals surface area contributed by atoms with Gasteiger partial charge in [0.25, 0.3) is 0 Å². The number of nitrogens with zero attached hydrogens (tertiary/aromatic N) is 2. The number of rotatable bonds is 3. The van der Waals surface area contributed by atoms with Gasteiger partial charge in [0.2, 0.25) is 0 Å². The highest BCUT2D eigenvalue weighted by molar-refractivity contribution is 5.29. The van der Waals surface area contributed by atoms with Gasteiger partial charge in [-0.1, -0.05) is 30.3 Å². The molecule has 2 unspecified atom stereocenters. The number of fused-ring (bicyclic) bond motifs is 1. The van der Waals surface area contributed by atoms with Gasteiger partial charge in [-0.3, -0.25) is 4.90 Å². The van der Waals surface area contributed by atoms with Crippen molar-refractivity contribution < 1.29 is 0 Å². The average Bonchev–Trinajstić information content (AvgIpc) is 2.92. The van der Waals surface area contributed by atoms with Gasteiger partial charge in [-0.05, 0) is 44.1 Å². The van der Waals surface area contributed by atoms with Crippen LogP contribution in [0.25, 0.3) is 0 Å². The molecule has 21 heavy (non-hydrogen) atoms. The van der Waals surface area contributed by atoms with E-state index in [0.29, 0.717) is 12.0 Å². The fraction of sp³-hybridized carbons (Fsp3) is 0.500. The molecule has 3 nitrogen and oxygen atoms in total. The molecule has 0 saturated carbocycles. The second kappa shape index (κ2) is 5.54. The maximum absolute atomic E-state index is 9.36. The first-order valence-corrected chi connectivity index (χ1v) is 7.74. The minimum Gasteiger partial charge on any atom is -0.386 e. The highest BCUT2D eigenvalue weighted by Crippen LogP contribution is 2.39. The summed E-state index contributed by atoms with van der Waals surface area (Å²) in [7, 11) is 0. The first-order valence-electron chi connectivity index (χ1n) is 7.74. The van der Waals surface area contributed by atoms with E-state index in [1.54, 1.807) is 0 Å². The molecule has 1 aromatic carbocycles. The van der Waals surface area contributed by atoms with Gasteiger partial charge >= 0.3 is 0 Å². The molecule has 3 heteroatoms. The van der Waals surface area contributed by atoms with Crippen molar-refractivity contribution in [3.05, 3.63) is 47.7 Å². The fourth-order valence-electron chi connectivity index (χ4n) is 3.56. The van der Waals surface area contributed by atoms with Crippen LogP contribution in [0.4, 0.5) is 0 Å². The third-order valence-electron chi connectivity index (χ3n) is 4.80. The Morgan fingerprint density at radius 3 is 2.81 bits per heavy atom. The number of nitrogens with one attached hydrogen (secondary N) is 1. The average molecular weight is 281 g/mol. The van der Waals surface area contributed by atoms with Crippen LogP contribution < -0.4 is 5.32 Å². The standard InChI is InChI=1S/C18H23N3/c1-18(2,13-19)16-10-20-17-12-21(9-8-15(16)17)11-14-6-4-3-5-7-14/h3-7,10,15,17,20H,8-9,11-12H2,1-2H3. The molecule has 0 aromatic heterocycles. The van der Waals surface area contributed by atoms with Gasteiger partial charge in [-0.25, -0.2) is 0 Å². The van der Waals surface area contributed by atoms with Crippen molar-refractivity contribution in [1.82, 2.24) is 10.2 Å². The molecule has 0 aliphatic carbocycles. The summed E-state index contributed by atoms with van der Waals surface area (Å²) in [6, 6.07) is 13.6. The zero-order valence-electron chi connectivity index (χ0n) is 12.8. The molecule has 110 valence electrons. The van der Waals surface area contributed by atoms with Gasteiger partial charge in [0.05, 0.1) is 11.5 Å². The monoisotopic (exact) mass is 281 g/mol. The topological polar surface area (TPSA) is 39.1 Å². The molecule has 2 aliphatic rings. The first-order chi connectivity index (χ1) is 10.1. The quantitative estimate of drug-likeness (QED) is 0.926. The molecule has 1 saturated heterocycles. The Hall–Kier alpha value is -1.79. The predicted molar refractivity (Wildman–Crippen MR) is 84.2 cm³/mol. The van der Waals surface area contributed by atoms with Crippen molar-refractivity contribution in [3.63, 3.8) is 0 Å². The smallest absolute Gasteiger partial charge is 0.0746 e. The molecular formula is C18H23N3. The van der Waals surface area contributed by atoms with Crippen LogP contribution in [-0.2, 0) is 6.54 Å². The van der Waals surface area contributed by atoms with Gasteiger partial charge in [-0.2, -0.15) is 5.26 Å². The number of benzene rings is 1. The van der Waals surface area contributed by atoms with E-state index in [0.717, 1.165) is 26.1 Å². The normalized spacial score (nSPS) is 25.7. The molecule has 1 aromatic rings. The minimum absolute atomic E-state index is 0.353. The summed E-state index contributed by atoms with van der Waals surface area (Å²) in [5.41, 5.74) is 2.31. The number of hydrogen-bond acceptors (Lipinski definition) is 3. The predicted octanol–water partition coefficient (Wildman–Crippen LogP) is 2.91. The van der Waals surface area contributed by atoms with Crippen LogP contribution >= 0.6 is 0 Å². The molecule has 0 spiro atoms. The lowest BCUT2D eigenvalue weighted by Gasteiger charge is -2.37. The summed E-state index contributed by atoms with van der Waals surface area (Å²) in [5, 5.41) is 12.9. The molecule has 1 N–H and O–H groups in total. The molecule has 0 radical (unpaired) electrons. The van der Waals surface area contributed by atoms with Crippen molar-refractivity contribution in [2.24, 2.45) is 11.3 Å². The Bertz CT molecular complexity index is 568. The lowest BCUT2D eigenvalue weighted by Crippen LogP contribution is -2.47. The Labute approximate surface area is 127 Å². The third kappa shape index (κ3) is 2.82. The van der Waals surface area contributed by atoms with E-state index in [4.69, 9.17) is 0 Å². The van der Waals surface area contributed by atoms with Gasteiger partial charge in [0.1, 0.15) is 0 Å². The van der Waals surface area contributed by atoms with Crippen molar-refractivity contribution >= 4 is 0 Å². The van der Waals surface area contributed by atoms with Crippen molar-refractivity contribution in [1.29, 1.82) is 5.26 Å². The molecule has 1 fully saturated rings. The maximum atomic E-state index is 9.36. The van der Waals surface area contributed by atoms with E-state index in [1.165, 1.54) is 11.1 Å². The fourth-order valence-corrected chi connectivity index (χ4v) is 3.56. The summed E-state index contributed by atoms with van der Waals surface area (Å²) in [6.07, 6.45) is 3.24. The van der Waals surface area contributed by atoms with Crippen molar-refractivity contribution in [2.75, 3.05) is 13.1 Å². The van der Waals surface area contributed by atoms with Gasteiger partial charge in [-0.15, -0.1) is 0 Å². The Morgan fingerprint density at radius 2 is 2.10 bits per heavy atom. The summed E-state index contributed by atoms with van der Waals surface area (Å²) < 4.78 is 0. The van der Waals surface area contributed by atoms with E-state index in [1.807, 2.05) is 13.8 Å². The van der Waals surface area contributed by atoms with E-state index >= 15 is 0 Å². The Morgan fingerprint density at radius 1 is 1.33 bits per heavy atom. The van der Waals surface area contributed by atoms with Gasteiger partial charge < -0.3 is 5.32 Å². The van der Waals surface area contributed by atoms with Crippen LogP contribution in [0.1, 0.15) is 25.8 Å². The van der Waals surface area contributed by atoms with Crippen LogP contribution in [0.2, 0.25) is 0 Å². The highest BCUT2D eigenvalue weighted by Gasteiger charge is 2.40. The number of hydrogen-bond donors (Lipinski definition) is 1. The van der Waals surface area contributed by atoms with Crippen molar-refractivity contribution in [2.45, 2.75) is 32.9 Å². The first kappa shape index (κ1) is 14.2. The molecule has 2 aliphatic heterocycles. The van der Waals surface area contributed by atoms with E-state index in [2.05, 4.69) is 52.8 Å². The lowest BCUT2D eigenvalue weighted by atomic mass is 9.75. The minimum atomic E-state index is -0.353. The lowest BCUT2D eigenvalue weighted by molar-refractivity contribution is 0.160. The molecular weight excluding hydrogens is 258 g/mol. The Balaban J connectivity index is 1.64. The van der Waals surface area contributed by atoms with Gasteiger partial charge in [0, 0.05) is 25.0 Å². The summed E-state index contributed by atoms with van der Waals surface area (Å²) >= 11 is 0. The molecule has 0 bridgehead atoms. The van der Waals surface area contributed by atoms with Crippen LogP contribution in [0.5, 0.6) is 0 Å². The van der Waals surface area contributed by atoms with E-state index < -0.39 is 0 Å². The van der Waals surface area contributed by atoms with E-state index in [-0.39, 0.29) is 5.41 Å². The molecule has 0 amide bonds. The highest BCUT2D eigenvalue weighted by atomic mass is 15.2. The zero-order chi connectivity index (χ0) is 14.9. The largest absolute Gasteiger partial charge is 0.386 e. The molecule has 2 atom stereocenters. The molecule has 2 heterocycles. The number of likely N-dealkylation sites (tertiary alicyclic amines) is 1. The van der Waals surface area contributed by atoms with Crippen LogP contribution in [0.15, 0.2) is 42.1 Å². The SMILES string of the molecule is CC(C)(C#N)C1=CNC2CN(Cc3ccccc3)CCC12. The van der Waals surface area contributed by atoms with Crippen LogP contribution in [0, 0.1) is 22.7 Å². The summed E-state index contributed by atoms with van der Waals surface area (Å²) in [6.45, 7) is 7.23. The second-order valence-electron chi connectivity index (χ2n) is 6.73. The van der Waals surface area contributed by atoms with Crippen molar-refractivity contribution in [3.8, 4) is 6.07 Å². The number of piperidine rings is 1. The van der Waals surface area contributed by atoms with Crippen LogP contribution in [-0.4, -0.2) is 24.0 Å². The molecule has 3 rings (SSSR count). The third-order valence-corrected chi connectivity index (χ3v) is 4.80. The summed E-state index contributed by atoms with van der Waals surface area (Å²) in [5.74, 6) is 0.520. The second-order valence-corrected chi connectivity index (χ2v) is 6.73. The Kier molecular flexibility index (Phi) is 3.73. The number of nitriles is 1.